The van der Waals surface area contributed by atoms with E-state index < -0.39 is 0 Å². The first-order valence-electron chi connectivity index (χ1n) is 5.35. The fourth-order valence-electron chi connectivity index (χ4n) is 1.57. The van der Waals surface area contributed by atoms with Crippen LogP contribution in [0, 0.1) is 6.92 Å². The van der Waals surface area contributed by atoms with Crippen LogP contribution < -0.4 is 10.1 Å². The summed E-state index contributed by atoms with van der Waals surface area (Å²) in [6, 6.07) is 9.02. The minimum atomic E-state index is 0.119. The molecule has 0 aliphatic heterocycles. The van der Waals surface area contributed by atoms with Crippen LogP contribution in [0.1, 0.15) is 11.5 Å². The third-order valence-electron chi connectivity index (χ3n) is 2.44. The van der Waals surface area contributed by atoms with Crippen molar-refractivity contribution in [3.8, 4) is 11.5 Å². The molecule has 1 heterocycles. The molecule has 0 atom stereocenters. The van der Waals surface area contributed by atoms with Crippen LogP contribution in [0.5, 0.6) is 11.5 Å². The molecule has 0 amide bonds. The highest BCUT2D eigenvalue weighted by atomic mass is 16.5. The first-order chi connectivity index (χ1) is 8.19. The number of phenolic OH excluding ortho intramolecular Hbond substituents is 1. The number of nitrogens with one attached hydrogen (secondary N) is 1. The van der Waals surface area contributed by atoms with E-state index in [4.69, 9.17) is 9.15 Å². The Morgan fingerprint density at radius 2 is 2.12 bits per heavy atom. The molecule has 2 aromatic rings. The first kappa shape index (κ1) is 11.4. The zero-order chi connectivity index (χ0) is 12.3. The SMILES string of the molecule is COc1ccc(NCc2ccc(C)o2)cc1O. The summed E-state index contributed by atoms with van der Waals surface area (Å²) in [6.07, 6.45) is 0. The Hall–Kier alpha value is -2.10. The number of hydrogen-bond acceptors (Lipinski definition) is 4. The number of methoxy groups -OCH3 is 1. The summed E-state index contributed by atoms with van der Waals surface area (Å²) in [5.41, 5.74) is 0.817. The Morgan fingerprint density at radius 3 is 2.71 bits per heavy atom. The van der Waals surface area contributed by atoms with E-state index in [2.05, 4.69) is 5.32 Å². The Labute approximate surface area is 99.8 Å². The Kier molecular flexibility index (Phi) is 3.23. The van der Waals surface area contributed by atoms with Gasteiger partial charge in [-0.05, 0) is 31.2 Å². The van der Waals surface area contributed by atoms with E-state index in [1.165, 1.54) is 7.11 Å². The van der Waals surface area contributed by atoms with E-state index in [9.17, 15) is 5.11 Å². The number of hydrogen-bond donors (Lipinski definition) is 2. The van der Waals surface area contributed by atoms with Gasteiger partial charge in [0.25, 0.3) is 0 Å². The highest BCUT2D eigenvalue weighted by Crippen LogP contribution is 2.28. The number of anilines is 1. The number of aryl methyl sites for hydroxylation is 1. The van der Waals surface area contributed by atoms with Crippen molar-refractivity contribution in [2.75, 3.05) is 12.4 Å². The van der Waals surface area contributed by atoms with Crippen LogP contribution in [0.3, 0.4) is 0 Å². The number of ether oxygens (including phenoxy) is 1. The molecule has 2 rings (SSSR count). The monoisotopic (exact) mass is 233 g/mol. The van der Waals surface area contributed by atoms with Gasteiger partial charge in [-0.25, -0.2) is 0 Å². The zero-order valence-electron chi connectivity index (χ0n) is 9.86. The molecule has 90 valence electrons. The van der Waals surface area contributed by atoms with Crippen LogP contribution in [0.25, 0.3) is 0 Å². The quantitative estimate of drug-likeness (QED) is 0.852. The normalized spacial score (nSPS) is 10.2. The molecule has 1 aromatic carbocycles. The molecule has 0 saturated heterocycles. The van der Waals surface area contributed by atoms with Gasteiger partial charge in [-0.15, -0.1) is 0 Å². The van der Waals surface area contributed by atoms with Crippen LogP contribution in [-0.2, 0) is 6.54 Å². The molecule has 0 aliphatic rings. The molecule has 4 heteroatoms. The summed E-state index contributed by atoms with van der Waals surface area (Å²) in [6.45, 7) is 2.49. The van der Waals surface area contributed by atoms with Gasteiger partial charge in [0.05, 0.1) is 13.7 Å². The second-order valence-corrected chi connectivity index (χ2v) is 3.75. The van der Waals surface area contributed by atoms with E-state index in [1.807, 2.05) is 25.1 Å². The van der Waals surface area contributed by atoms with Crippen molar-refractivity contribution < 1.29 is 14.3 Å². The predicted molar refractivity (Wildman–Crippen MR) is 65.4 cm³/mol. The number of aromatic hydroxyl groups is 1. The highest BCUT2D eigenvalue weighted by Gasteiger charge is 2.03. The Balaban J connectivity index is 2.02. The second-order valence-electron chi connectivity index (χ2n) is 3.75. The molecule has 0 radical (unpaired) electrons. The average Bonchev–Trinajstić information content (AvgIpc) is 2.73. The summed E-state index contributed by atoms with van der Waals surface area (Å²) in [5.74, 6) is 2.33. The number of benzene rings is 1. The largest absolute Gasteiger partial charge is 0.504 e. The second kappa shape index (κ2) is 4.82. The molecule has 0 aliphatic carbocycles. The van der Waals surface area contributed by atoms with E-state index in [0.29, 0.717) is 12.3 Å². The van der Waals surface area contributed by atoms with Gasteiger partial charge >= 0.3 is 0 Å². The lowest BCUT2D eigenvalue weighted by Crippen LogP contribution is -1.98. The van der Waals surface area contributed by atoms with Gasteiger partial charge in [0, 0.05) is 11.8 Å². The zero-order valence-corrected chi connectivity index (χ0v) is 9.86. The van der Waals surface area contributed by atoms with Gasteiger partial charge in [0.1, 0.15) is 11.5 Å². The van der Waals surface area contributed by atoms with Gasteiger partial charge in [0.2, 0.25) is 0 Å². The van der Waals surface area contributed by atoms with Gasteiger partial charge in [-0.2, -0.15) is 0 Å². The average molecular weight is 233 g/mol. The van der Waals surface area contributed by atoms with Crippen LogP contribution in [0.2, 0.25) is 0 Å². The molecule has 0 fully saturated rings. The molecule has 2 N–H and O–H groups in total. The van der Waals surface area contributed by atoms with E-state index >= 15 is 0 Å². The molecule has 0 unspecified atom stereocenters. The van der Waals surface area contributed by atoms with Crippen molar-refractivity contribution >= 4 is 5.69 Å². The van der Waals surface area contributed by atoms with Crippen molar-refractivity contribution in [3.05, 3.63) is 41.9 Å². The van der Waals surface area contributed by atoms with Crippen molar-refractivity contribution in [1.29, 1.82) is 0 Å². The number of rotatable bonds is 4. The summed E-state index contributed by atoms with van der Waals surface area (Å²) in [5, 5.41) is 12.8. The Morgan fingerprint density at radius 1 is 1.29 bits per heavy atom. The first-order valence-corrected chi connectivity index (χ1v) is 5.35. The molecular weight excluding hydrogens is 218 g/mol. The summed E-state index contributed by atoms with van der Waals surface area (Å²) < 4.78 is 10.4. The standard InChI is InChI=1S/C13H15NO3/c1-9-3-5-11(17-9)8-14-10-4-6-13(16-2)12(15)7-10/h3-7,14-15H,8H2,1-2H3. The van der Waals surface area contributed by atoms with Crippen molar-refractivity contribution in [2.24, 2.45) is 0 Å². The van der Waals surface area contributed by atoms with Crippen molar-refractivity contribution in [1.82, 2.24) is 0 Å². The maximum Gasteiger partial charge on any atom is 0.160 e. The fourth-order valence-corrected chi connectivity index (χ4v) is 1.57. The minimum absolute atomic E-state index is 0.119. The molecule has 0 spiro atoms. The lowest BCUT2D eigenvalue weighted by atomic mass is 10.2. The maximum absolute atomic E-state index is 9.60. The molecule has 17 heavy (non-hydrogen) atoms. The van der Waals surface area contributed by atoms with Gasteiger partial charge < -0.3 is 19.6 Å². The smallest absolute Gasteiger partial charge is 0.160 e. The van der Waals surface area contributed by atoms with E-state index in [0.717, 1.165) is 17.2 Å². The molecule has 0 saturated carbocycles. The van der Waals surface area contributed by atoms with Crippen molar-refractivity contribution in [3.63, 3.8) is 0 Å². The van der Waals surface area contributed by atoms with Gasteiger partial charge in [-0.1, -0.05) is 0 Å². The lowest BCUT2D eigenvalue weighted by molar-refractivity contribution is 0.373. The lowest BCUT2D eigenvalue weighted by Gasteiger charge is -2.07. The van der Waals surface area contributed by atoms with Crippen LogP contribution >= 0.6 is 0 Å². The van der Waals surface area contributed by atoms with Crippen molar-refractivity contribution in [2.45, 2.75) is 13.5 Å². The maximum atomic E-state index is 9.60. The summed E-state index contributed by atoms with van der Waals surface area (Å²) in [4.78, 5) is 0. The summed E-state index contributed by atoms with van der Waals surface area (Å²) >= 11 is 0. The topological polar surface area (TPSA) is 54.6 Å². The van der Waals surface area contributed by atoms with Gasteiger partial charge in [0.15, 0.2) is 11.5 Å². The van der Waals surface area contributed by atoms with E-state index in [1.54, 1.807) is 12.1 Å². The minimum Gasteiger partial charge on any atom is -0.504 e. The van der Waals surface area contributed by atoms with Crippen LogP contribution in [0.15, 0.2) is 34.7 Å². The molecule has 1 aromatic heterocycles. The Bertz CT molecular complexity index is 505. The predicted octanol–water partition coefficient (Wildman–Crippen LogP) is 2.91. The fraction of sp³-hybridized carbons (Fsp3) is 0.231. The van der Waals surface area contributed by atoms with Crippen LogP contribution in [0.4, 0.5) is 5.69 Å². The summed E-state index contributed by atoms with van der Waals surface area (Å²) in [7, 11) is 1.52. The van der Waals surface area contributed by atoms with E-state index in [-0.39, 0.29) is 5.75 Å². The van der Waals surface area contributed by atoms with Crippen LogP contribution in [-0.4, -0.2) is 12.2 Å². The number of phenols is 1. The molecule has 4 nitrogen and oxygen atoms in total. The molecule has 0 bridgehead atoms. The highest BCUT2D eigenvalue weighted by molar-refractivity contribution is 5.54. The molecular formula is C13H15NO3. The van der Waals surface area contributed by atoms with Gasteiger partial charge in [-0.3, -0.25) is 0 Å². The third-order valence-corrected chi connectivity index (χ3v) is 2.44. The number of furan rings is 1. The third kappa shape index (κ3) is 2.72.